The van der Waals surface area contributed by atoms with Gasteiger partial charge in [-0.3, -0.25) is 14.4 Å². The zero-order valence-corrected chi connectivity index (χ0v) is 17.0. The Morgan fingerprint density at radius 2 is 2.10 bits per heavy atom. The highest BCUT2D eigenvalue weighted by Gasteiger charge is 2.70. The van der Waals surface area contributed by atoms with Crippen LogP contribution < -0.4 is 5.73 Å². The van der Waals surface area contributed by atoms with Crippen LogP contribution in [0.4, 0.5) is 5.82 Å². The van der Waals surface area contributed by atoms with Crippen LogP contribution >= 0.6 is 0 Å². The molecule has 1 saturated carbocycles. The second-order valence-electron chi connectivity index (χ2n) is 8.85. The van der Waals surface area contributed by atoms with E-state index in [1.807, 2.05) is 13.0 Å². The standard InChI is InChI=1S/C20H23N5O5/c1-18(2)28-14-13(11-5-6-12-16(21)23-10-24-25(11)12)29-20(22-4,15(14)30-18)9-27-17(26)19(3)7-8-19/h5-6,10,13-15H,7-9H2,1-3H3,(H2,21,23,24)/t13-,14-,15-,20+/m0/s1. The molecule has 10 heteroatoms. The maximum atomic E-state index is 12.4. The van der Waals surface area contributed by atoms with Gasteiger partial charge < -0.3 is 19.9 Å². The summed E-state index contributed by atoms with van der Waals surface area (Å²) in [6, 6.07) is 3.60. The molecule has 2 aromatic heterocycles. The first-order chi connectivity index (χ1) is 14.2. The van der Waals surface area contributed by atoms with Crippen molar-refractivity contribution in [1.82, 2.24) is 14.6 Å². The summed E-state index contributed by atoms with van der Waals surface area (Å²) >= 11 is 0. The Morgan fingerprint density at radius 1 is 1.33 bits per heavy atom. The number of anilines is 1. The first kappa shape index (κ1) is 19.2. The van der Waals surface area contributed by atoms with Gasteiger partial charge in [0.15, 0.2) is 24.3 Å². The van der Waals surface area contributed by atoms with Gasteiger partial charge in [0, 0.05) is 0 Å². The van der Waals surface area contributed by atoms with Gasteiger partial charge in [0.2, 0.25) is 0 Å². The van der Waals surface area contributed by atoms with Crippen LogP contribution in [0.1, 0.15) is 45.4 Å². The predicted molar refractivity (Wildman–Crippen MR) is 103 cm³/mol. The highest BCUT2D eigenvalue weighted by Crippen LogP contribution is 2.51. The summed E-state index contributed by atoms with van der Waals surface area (Å²) in [5.74, 6) is -0.903. The van der Waals surface area contributed by atoms with Crippen molar-refractivity contribution < 1.29 is 23.7 Å². The van der Waals surface area contributed by atoms with Gasteiger partial charge in [0.25, 0.3) is 0 Å². The number of carbonyl (C=O) groups excluding carboxylic acids is 1. The molecule has 2 aliphatic heterocycles. The molecule has 3 fully saturated rings. The molecule has 158 valence electrons. The van der Waals surface area contributed by atoms with Gasteiger partial charge in [0.1, 0.15) is 24.1 Å². The van der Waals surface area contributed by atoms with Crippen molar-refractivity contribution >= 4 is 17.3 Å². The minimum atomic E-state index is -1.52. The van der Waals surface area contributed by atoms with Crippen molar-refractivity contribution in [3.63, 3.8) is 0 Å². The Kier molecular flexibility index (Phi) is 3.93. The Balaban J connectivity index is 1.51. The maximum Gasteiger partial charge on any atom is 0.400 e. The summed E-state index contributed by atoms with van der Waals surface area (Å²) < 4.78 is 25.6. The molecule has 3 aliphatic rings. The number of hydrogen-bond donors (Lipinski definition) is 1. The Labute approximate surface area is 173 Å². The topological polar surface area (TPSA) is 115 Å². The van der Waals surface area contributed by atoms with Gasteiger partial charge >= 0.3 is 11.7 Å². The number of rotatable bonds is 4. The van der Waals surface area contributed by atoms with Gasteiger partial charge in [0.05, 0.1) is 11.1 Å². The maximum absolute atomic E-state index is 12.4. The van der Waals surface area contributed by atoms with Gasteiger partial charge in [-0.05, 0) is 45.7 Å². The van der Waals surface area contributed by atoms with Gasteiger partial charge in [-0.25, -0.2) is 16.1 Å². The van der Waals surface area contributed by atoms with Crippen molar-refractivity contribution in [2.45, 2.75) is 63.4 Å². The molecule has 5 rings (SSSR count). The van der Waals surface area contributed by atoms with Crippen LogP contribution in [0.15, 0.2) is 18.5 Å². The number of nitrogens with two attached hydrogens (primary N) is 1. The second kappa shape index (κ2) is 6.14. The summed E-state index contributed by atoms with van der Waals surface area (Å²) in [6.07, 6.45) is 0.942. The molecule has 0 spiro atoms. The average Bonchev–Trinajstić information content (AvgIpc) is 3.06. The Morgan fingerprint density at radius 3 is 2.80 bits per heavy atom. The number of ether oxygens (including phenoxy) is 4. The number of hydrogen-bond acceptors (Lipinski definition) is 8. The fourth-order valence-corrected chi connectivity index (χ4v) is 4.10. The average molecular weight is 413 g/mol. The third-order valence-electron chi connectivity index (χ3n) is 6.10. The van der Waals surface area contributed by atoms with E-state index in [9.17, 15) is 4.79 Å². The molecule has 0 bridgehead atoms. The van der Waals surface area contributed by atoms with E-state index < -0.39 is 35.2 Å². The van der Waals surface area contributed by atoms with Crippen molar-refractivity contribution in [1.29, 1.82) is 0 Å². The smallest absolute Gasteiger partial charge is 0.400 e. The number of nitrogens with zero attached hydrogens (tertiary/aromatic N) is 4. The second-order valence-corrected chi connectivity index (χ2v) is 8.85. The van der Waals surface area contributed by atoms with Gasteiger partial charge in [-0.1, -0.05) is 0 Å². The number of fused-ring (bicyclic) bond motifs is 2. The van der Waals surface area contributed by atoms with Crippen molar-refractivity contribution in [2.24, 2.45) is 5.41 Å². The largest absolute Gasteiger partial charge is 0.453 e. The molecule has 10 nitrogen and oxygen atoms in total. The number of nitrogen functional groups attached to an aromatic ring is 1. The lowest BCUT2D eigenvalue weighted by atomic mass is 10.0. The fraction of sp³-hybridized carbons (Fsp3) is 0.600. The molecular formula is C20H23N5O5. The van der Waals surface area contributed by atoms with E-state index in [0.29, 0.717) is 17.0 Å². The van der Waals surface area contributed by atoms with E-state index in [0.717, 1.165) is 12.8 Å². The molecule has 2 aromatic rings. The number of carbonyl (C=O) groups is 1. The molecule has 4 heterocycles. The molecule has 2 N–H and O–H groups in total. The summed E-state index contributed by atoms with van der Waals surface area (Å²) in [5, 5.41) is 4.27. The van der Waals surface area contributed by atoms with Crippen LogP contribution in [0.2, 0.25) is 0 Å². The molecule has 2 saturated heterocycles. The molecule has 0 amide bonds. The SMILES string of the molecule is [C-]#[N+][C@]1(COC(=O)C2(C)CC2)O[C@@H](c2ccc3c(N)ncnn23)[C@@H]2OC(C)(C)O[C@@H]21. The van der Waals surface area contributed by atoms with Crippen molar-refractivity contribution in [3.8, 4) is 0 Å². The predicted octanol–water partition coefficient (Wildman–Crippen LogP) is 1.86. The van der Waals surface area contributed by atoms with E-state index >= 15 is 0 Å². The lowest BCUT2D eigenvalue weighted by Gasteiger charge is -2.25. The molecule has 4 atom stereocenters. The van der Waals surface area contributed by atoms with Gasteiger partial charge in [-0.15, -0.1) is 0 Å². The Hall–Kier alpha value is -2.74. The summed E-state index contributed by atoms with van der Waals surface area (Å²) in [7, 11) is 0. The molecular weight excluding hydrogens is 390 g/mol. The molecule has 0 aromatic carbocycles. The summed E-state index contributed by atoms with van der Waals surface area (Å²) in [5.41, 5.74) is 5.25. The third kappa shape index (κ3) is 2.77. The van der Waals surface area contributed by atoms with Crippen LogP contribution in [-0.2, 0) is 23.7 Å². The minimum absolute atomic E-state index is 0.234. The fourth-order valence-electron chi connectivity index (χ4n) is 4.10. The van der Waals surface area contributed by atoms with E-state index in [1.165, 1.54) is 6.33 Å². The summed E-state index contributed by atoms with van der Waals surface area (Å²) in [4.78, 5) is 20.1. The minimum Gasteiger partial charge on any atom is -0.453 e. The lowest BCUT2D eigenvalue weighted by molar-refractivity contribution is -0.211. The summed E-state index contributed by atoms with van der Waals surface area (Å²) in [6.45, 7) is 13.1. The van der Waals surface area contributed by atoms with E-state index in [-0.39, 0.29) is 12.6 Å². The molecule has 0 unspecified atom stereocenters. The zero-order valence-electron chi connectivity index (χ0n) is 17.0. The Bertz CT molecular complexity index is 1070. The molecule has 1 aliphatic carbocycles. The van der Waals surface area contributed by atoms with Crippen molar-refractivity contribution in [3.05, 3.63) is 35.6 Å². The quantitative estimate of drug-likeness (QED) is 0.597. The van der Waals surface area contributed by atoms with Crippen LogP contribution in [0.3, 0.4) is 0 Å². The number of aromatic nitrogens is 3. The van der Waals surface area contributed by atoms with Crippen LogP contribution in [0.5, 0.6) is 0 Å². The first-order valence-electron chi connectivity index (χ1n) is 9.85. The lowest BCUT2D eigenvalue weighted by Crippen LogP contribution is -2.45. The van der Waals surface area contributed by atoms with Crippen molar-refractivity contribution in [2.75, 3.05) is 12.3 Å². The van der Waals surface area contributed by atoms with Crippen LogP contribution in [-0.4, -0.2) is 50.9 Å². The zero-order chi connectivity index (χ0) is 21.3. The van der Waals surface area contributed by atoms with E-state index in [1.54, 1.807) is 24.4 Å². The molecule has 0 radical (unpaired) electrons. The van der Waals surface area contributed by atoms with Crippen LogP contribution in [0.25, 0.3) is 10.4 Å². The highest BCUT2D eigenvalue weighted by molar-refractivity contribution is 5.79. The monoisotopic (exact) mass is 413 g/mol. The normalized spacial score (nSPS) is 33.2. The first-order valence-corrected chi connectivity index (χ1v) is 9.85. The highest BCUT2D eigenvalue weighted by atomic mass is 16.8. The third-order valence-corrected chi connectivity index (χ3v) is 6.10. The number of esters is 1. The molecule has 30 heavy (non-hydrogen) atoms. The van der Waals surface area contributed by atoms with Crippen LogP contribution in [0, 0.1) is 12.0 Å². The van der Waals surface area contributed by atoms with E-state index in [4.69, 9.17) is 31.3 Å². The van der Waals surface area contributed by atoms with Gasteiger partial charge in [-0.2, -0.15) is 5.10 Å². The van der Waals surface area contributed by atoms with E-state index in [2.05, 4.69) is 14.9 Å².